The second-order valence-corrected chi connectivity index (χ2v) is 7.76. The van der Waals surface area contributed by atoms with E-state index in [9.17, 15) is 5.11 Å². The predicted molar refractivity (Wildman–Crippen MR) is 109 cm³/mol. The minimum atomic E-state index is 0.286. The van der Waals surface area contributed by atoms with Crippen LogP contribution in [0.4, 0.5) is 5.69 Å². The Morgan fingerprint density at radius 3 is 2.58 bits per heavy atom. The minimum Gasteiger partial charge on any atom is -0.508 e. The van der Waals surface area contributed by atoms with Gasteiger partial charge in [0.15, 0.2) is 5.96 Å². The maximum Gasteiger partial charge on any atom is 0.196 e. The van der Waals surface area contributed by atoms with Gasteiger partial charge in [-0.3, -0.25) is 4.99 Å². The maximum atomic E-state index is 9.46. The first kappa shape index (κ1) is 19.0. The molecule has 3 N–H and O–H groups in total. The van der Waals surface area contributed by atoms with Gasteiger partial charge in [-0.05, 0) is 69.8 Å². The van der Waals surface area contributed by atoms with Crippen molar-refractivity contribution >= 4 is 11.6 Å². The van der Waals surface area contributed by atoms with Crippen LogP contribution in [0.2, 0.25) is 0 Å². The molecule has 1 saturated carbocycles. The van der Waals surface area contributed by atoms with Gasteiger partial charge in [-0.1, -0.05) is 19.3 Å². The molecule has 0 aromatic heterocycles. The summed E-state index contributed by atoms with van der Waals surface area (Å²) in [4.78, 5) is 7.43. The third-order valence-electron chi connectivity index (χ3n) is 5.64. The van der Waals surface area contributed by atoms with Gasteiger partial charge >= 0.3 is 0 Å². The topological polar surface area (TPSA) is 59.9 Å². The molecule has 144 valence electrons. The summed E-state index contributed by atoms with van der Waals surface area (Å²) in [6.45, 7) is 5.57. The van der Waals surface area contributed by atoms with E-state index in [0.29, 0.717) is 6.04 Å². The molecule has 0 bridgehead atoms. The Kier molecular flexibility index (Phi) is 7.18. The van der Waals surface area contributed by atoms with Crippen LogP contribution in [0, 0.1) is 0 Å². The molecule has 1 aliphatic heterocycles. The molecule has 26 heavy (non-hydrogen) atoms. The summed E-state index contributed by atoms with van der Waals surface area (Å²) in [6, 6.07) is 8.42. The quantitative estimate of drug-likeness (QED) is 0.312. The number of anilines is 1. The fourth-order valence-corrected chi connectivity index (χ4v) is 4.02. The number of hydrogen-bond acceptors (Lipinski definition) is 3. The molecule has 1 atom stereocenters. The fourth-order valence-electron chi connectivity index (χ4n) is 4.02. The Hall–Kier alpha value is -1.75. The molecule has 0 spiro atoms. The normalized spacial score (nSPS) is 22.5. The summed E-state index contributed by atoms with van der Waals surface area (Å²) in [5.41, 5.74) is 0.955. The first-order valence-electron chi connectivity index (χ1n) is 10.3. The Bertz CT molecular complexity index is 566. The van der Waals surface area contributed by atoms with Gasteiger partial charge < -0.3 is 20.6 Å². The molecule has 5 nitrogen and oxygen atoms in total. The van der Waals surface area contributed by atoms with Crippen molar-refractivity contribution in [1.82, 2.24) is 10.2 Å². The summed E-state index contributed by atoms with van der Waals surface area (Å²) >= 11 is 0. The van der Waals surface area contributed by atoms with E-state index in [2.05, 4.69) is 22.5 Å². The number of aromatic hydroxyl groups is 1. The van der Waals surface area contributed by atoms with Crippen LogP contribution < -0.4 is 10.6 Å². The zero-order chi connectivity index (χ0) is 18.2. The van der Waals surface area contributed by atoms with Crippen molar-refractivity contribution in [2.45, 2.75) is 70.4 Å². The lowest BCUT2D eigenvalue weighted by Crippen LogP contribution is -2.39. The summed E-state index contributed by atoms with van der Waals surface area (Å²) in [7, 11) is 0. The molecule has 0 amide bonds. The molecule has 1 aromatic rings. The number of guanidine groups is 1. The number of nitrogens with zero attached hydrogens (tertiary/aromatic N) is 2. The third kappa shape index (κ3) is 5.90. The smallest absolute Gasteiger partial charge is 0.196 e. The Morgan fingerprint density at radius 2 is 1.85 bits per heavy atom. The molecule has 1 heterocycles. The molecule has 3 rings (SSSR count). The van der Waals surface area contributed by atoms with Crippen LogP contribution in [0.3, 0.4) is 0 Å². The van der Waals surface area contributed by atoms with Gasteiger partial charge in [-0.15, -0.1) is 0 Å². The van der Waals surface area contributed by atoms with Gasteiger partial charge in [0.05, 0.1) is 0 Å². The van der Waals surface area contributed by atoms with Gasteiger partial charge in [0.1, 0.15) is 5.75 Å². The molecular weight excluding hydrogens is 324 g/mol. The van der Waals surface area contributed by atoms with Crippen LogP contribution in [0.15, 0.2) is 29.3 Å². The van der Waals surface area contributed by atoms with E-state index in [1.165, 1.54) is 51.5 Å². The van der Waals surface area contributed by atoms with Gasteiger partial charge in [0.25, 0.3) is 0 Å². The van der Waals surface area contributed by atoms with Crippen LogP contribution in [0.1, 0.15) is 58.3 Å². The van der Waals surface area contributed by atoms with Crippen molar-refractivity contribution in [3.63, 3.8) is 0 Å². The summed E-state index contributed by atoms with van der Waals surface area (Å²) < 4.78 is 0. The van der Waals surface area contributed by atoms with Crippen molar-refractivity contribution < 1.29 is 5.11 Å². The van der Waals surface area contributed by atoms with E-state index in [4.69, 9.17) is 4.99 Å². The third-order valence-corrected chi connectivity index (χ3v) is 5.64. The second kappa shape index (κ2) is 9.81. The lowest BCUT2D eigenvalue weighted by Gasteiger charge is -2.33. The van der Waals surface area contributed by atoms with Crippen LogP contribution in [-0.4, -0.2) is 47.7 Å². The van der Waals surface area contributed by atoms with Crippen LogP contribution >= 0.6 is 0 Å². The highest BCUT2D eigenvalue weighted by molar-refractivity contribution is 5.93. The van der Waals surface area contributed by atoms with Crippen LogP contribution in [0.5, 0.6) is 5.75 Å². The van der Waals surface area contributed by atoms with E-state index in [1.807, 2.05) is 12.1 Å². The maximum absolute atomic E-state index is 9.46. The molecule has 5 heteroatoms. The molecule has 1 saturated heterocycles. The molecule has 2 fully saturated rings. The van der Waals surface area contributed by atoms with Crippen molar-refractivity contribution in [1.29, 1.82) is 0 Å². The number of likely N-dealkylation sites (tertiary alicyclic amines) is 1. The zero-order valence-corrected chi connectivity index (χ0v) is 16.1. The highest BCUT2D eigenvalue weighted by Gasteiger charge is 2.18. The van der Waals surface area contributed by atoms with E-state index < -0.39 is 0 Å². The van der Waals surface area contributed by atoms with Crippen molar-refractivity contribution in [2.24, 2.45) is 4.99 Å². The Morgan fingerprint density at radius 1 is 1.12 bits per heavy atom. The minimum absolute atomic E-state index is 0.286. The highest BCUT2D eigenvalue weighted by Crippen LogP contribution is 2.19. The number of rotatable bonds is 6. The molecule has 1 unspecified atom stereocenters. The molecule has 1 aromatic carbocycles. The van der Waals surface area contributed by atoms with Gasteiger partial charge in [0.2, 0.25) is 0 Å². The monoisotopic (exact) mass is 358 g/mol. The summed E-state index contributed by atoms with van der Waals surface area (Å²) in [5, 5.41) is 16.4. The number of hydrogen-bond donors (Lipinski definition) is 3. The summed E-state index contributed by atoms with van der Waals surface area (Å²) in [5.74, 6) is 1.16. The van der Waals surface area contributed by atoms with E-state index >= 15 is 0 Å². The van der Waals surface area contributed by atoms with Gasteiger partial charge in [-0.2, -0.15) is 0 Å². The molecular formula is C21H34N4O. The summed E-state index contributed by atoms with van der Waals surface area (Å²) in [6.07, 6.45) is 10.2. The standard InChI is InChI=1S/C21H34N4O/c1-17-7-4-5-15-25(17)16-6-14-22-21(23-18-8-2-3-9-18)24-19-10-12-20(26)13-11-19/h10-13,17-18,26H,2-9,14-16H2,1H3,(H2,22,23,24). The molecule has 1 aliphatic carbocycles. The number of phenolic OH excluding ortho intramolecular Hbond substituents is 1. The zero-order valence-electron chi connectivity index (χ0n) is 16.1. The molecule has 0 radical (unpaired) electrons. The predicted octanol–water partition coefficient (Wildman–Crippen LogP) is 3.96. The van der Waals surface area contributed by atoms with Crippen molar-refractivity contribution in [3.05, 3.63) is 24.3 Å². The number of nitrogens with one attached hydrogen (secondary N) is 2. The lowest BCUT2D eigenvalue weighted by atomic mass is 10.0. The number of phenols is 1. The van der Waals surface area contributed by atoms with Gasteiger partial charge in [-0.25, -0.2) is 0 Å². The SMILES string of the molecule is CC1CCCCN1CCCN=C(Nc1ccc(O)cc1)NC1CCCC1. The Labute approximate surface area is 157 Å². The Balaban J connectivity index is 1.52. The number of benzene rings is 1. The fraction of sp³-hybridized carbons (Fsp3) is 0.667. The van der Waals surface area contributed by atoms with Crippen molar-refractivity contribution in [2.75, 3.05) is 25.0 Å². The first-order chi connectivity index (χ1) is 12.7. The van der Waals surface area contributed by atoms with E-state index in [1.54, 1.807) is 12.1 Å². The lowest BCUT2D eigenvalue weighted by molar-refractivity contribution is 0.160. The first-order valence-corrected chi connectivity index (χ1v) is 10.3. The second-order valence-electron chi connectivity index (χ2n) is 7.76. The average molecular weight is 359 g/mol. The highest BCUT2D eigenvalue weighted by atomic mass is 16.3. The van der Waals surface area contributed by atoms with Crippen LogP contribution in [-0.2, 0) is 0 Å². The number of aliphatic imine (C=N–C) groups is 1. The van der Waals surface area contributed by atoms with Crippen LogP contribution in [0.25, 0.3) is 0 Å². The van der Waals surface area contributed by atoms with E-state index in [0.717, 1.165) is 37.2 Å². The van der Waals surface area contributed by atoms with Crippen molar-refractivity contribution in [3.8, 4) is 5.75 Å². The number of piperidine rings is 1. The van der Waals surface area contributed by atoms with E-state index in [-0.39, 0.29) is 5.75 Å². The largest absolute Gasteiger partial charge is 0.508 e. The van der Waals surface area contributed by atoms with Gasteiger partial charge in [0, 0.05) is 30.9 Å². The molecule has 2 aliphatic rings. The average Bonchev–Trinajstić information content (AvgIpc) is 3.15.